The zero-order valence-electron chi connectivity index (χ0n) is 17.6. The third-order valence-corrected chi connectivity index (χ3v) is 5.58. The molecule has 2 amide bonds. The van der Waals surface area contributed by atoms with Gasteiger partial charge in [0.15, 0.2) is 24.7 Å². The van der Waals surface area contributed by atoms with Gasteiger partial charge in [0, 0.05) is 13.1 Å². The number of hydrogen-bond acceptors (Lipinski definition) is 6. The van der Waals surface area contributed by atoms with Crippen molar-refractivity contribution in [2.45, 2.75) is 37.8 Å². The Hall–Kier alpha value is -3.58. The molecule has 0 saturated carbocycles. The summed E-state index contributed by atoms with van der Waals surface area (Å²) in [7, 11) is 0. The number of nitrogens with zero attached hydrogens (tertiary/aromatic N) is 2. The van der Waals surface area contributed by atoms with E-state index < -0.39 is 83.8 Å². The molecule has 0 bridgehead atoms. The molecular weight excluding hydrogens is 472 g/mol. The highest BCUT2D eigenvalue weighted by Gasteiger charge is 2.36. The molecule has 2 atom stereocenters. The van der Waals surface area contributed by atoms with Gasteiger partial charge in [0.1, 0.15) is 12.1 Å². The molecule has 3 rings (SSSR count). The fourth-order valence-corrected chi connectivity index (χ4v) is 3.92. The van der Waals surface area contributed by atoms with Crippen LogP contribution in [0.5, 0.6) is 11.5 Å². The number of likely N-dealkylation sites (tertiary alicyclic amines) is 2. The van der Waals surface area contributed by atoms with E-state index in [9.17, 15) is 36.7 Å². The third kappa shape index (κ3) is 4.84. The number of halogens is 4. The van der Waals surface area contributed by atoms with Crippen LogP contribution in [0.25, 0.3) is 0 Å². The van der Waals surface area contributed by atoms with Crippen LogP contribution in [0.2, 0.25) is 0 Å². The first kappa shape index (κ1) is 25.1. The quantitative estimate of drug-likeness (QED) is 0.408. The predicted octanol–water partition coefficient (Wildman–Crippen LogP) is 1.15. The Morgan fingerprint density at radius 2 is 1.03 bits per heavy atom. The van der Waals surface area contributed by atoms with Gasteiger partial charge < -0.3 is 29.5 Å². The van der Waals surface area contributed by atoms with Crippen molar-refractivity contribution in [3.05, 3.63) is 23.3 Å². The Kier molecular flexibility index (Phi) is 7.47. The fourth-order valence-electron chi connectivity index (χ4n) is 3.92. The lowest BCUT2D eigenvalue weighted by Crippen LogP contribution is -2.43. The number of carbonyl (C=O) groups is 4. The summed E-state index contributed by atoms with van der Waals surface area (Å²) in [5.74, 6) is -15.7. The van der Waals surface area contributed by atoms with E-state index in [2.05, 4.69) is 9.47 Å². The van der Waals surface area contributed by atoms with Gasteiger partial charge in [0.05, 0.1) is 0 Å². The molecule has 2 heterocycles. The third-order valence-electron chi connectivity index (χ3n) is 5.58. The number of benzene rings is 1. The summed E-state index contributed by atoms with van der Waals surface area (Å²) in [5.41, 5.74) is 0. The van der Waals surface area contributed by atoms with Crippen LogP contribution in [-0.2, 0) is 19.2 Å². The number of carboxylic acid groups (broad SMARTS) is 2. The maximum atomic E-state index is 14.4. The Morgan fingerprint density at radius 1 is 0.706 bits per heavy atom. The lowest BCUT2D eigenvalue weighted by atomic mass is 10.2. The molecule has 0 aliphatic carbocycles. The molecule has 14 heteroatoms. The average molecular weight is 492 g/mol. The lowest BCUT2D eigenvalue weighted by Gasteiger charge is -2.22. The topological polar surface area (TPSA) is 134 Å². The minimum Gasteiger partial charge on any atom is -0.480 e. The molecule has 186 valence electrons. The molecule has 1 aromatic rings. The Labute approximate surface area is 189 Å². The second-order valence-corrected chi connectivity index (χ2v) is 7.66. The average Bonchev–Trinajstić information content (AvgIpc) is 3.47. The molecule has 2 saturated heterocycles. The van der Waals surface area contributed by atoms with Gasteiger partial charge >= 0.3 is 11.9 Å². The van der Waals surface area contributed by atoms with Crippen LogP contribution >= 0.6 is 0 Å². The van der Waals surface area contributed by atoms with E-state index >= 15 is 0 Å². The molecule has 34 heavy (non-hydrogen) atoms. The largest absolute Gasteiger partial charge is 0.480 e. The van der Waals surface area contributed by atoms with Crippen LogP contribution < -0.4 is 9.47 Å². The van der Waals surface area contributed by atoms with E-state index in [-0.39, 0.29) is 25.9 Å². The van der Waals surface area contributed by atoms with Crippen molar-refractivity contribution in [2.75, 3.05) is 26.3 Å². The van der Waals surface area contributed by atoms with E-state index in [4.69, 9.17) is 10.2 Å². The van der Waals surface area contributed by atoms with Gasteiger partial charge in [-0.05, 0) is 25.7 Å². The Morgan fingerprint density at radius 3 is 1.32 bits per heavy atom. The number of hydrogen-bond donors (Lipinski definition) is 2. The molecule has 0 spiro atoms. The van der Waals surface area contributed by atoms with Crippen LogP contribution in [-0.4, -0.2) is 82.2 Å². The molecule has 2 aliphatic heterocycles. The maximum Gasteiger partial charge on any atom is 0.326 e. The van der Waals surface area contributed by atoms with Gasteiger partial charge in [-0.15, -0.1) is 0 Å². The first-order valence-electron chi connectivity index (χ1n) is 10.2. The van der Waals surface area contributed by atoms with Crippen molar-refractivity contribution in [2.24, 2.45) is 0 Å². The van der Waals surface area contributed by atoms with Crippen molar-refractivity contribution in [3.8, 4) is 11.5 Å². The molecule has 2 N–H and O–H groups in total. The van der Waals surface area contributed by atoms with Crippen molar-refractivity contribution in [3.63, 3.8) is 0 Å². The Balaban J connectivity index is 1.70. The summed E-state index contributed by atoms with van der Waals surface area (Å²) in [4.78, 5) is 48.5. The van der Waals surface area contributed by atoms with Gasteiger partial charge in [-0.25, -0.2) is 9.59 Å². The highest BCUT2D eigenvalue weighted by Crippen LogP contribution is 2.35. The van der Waals surface area contributed by atoms with Gasteiger partial charge in [0.25, 0.3) is 11.8 Å². The van der Waals surface area contributed by atoms with Gasteiger partial charge in [-0.2, -0.15) is 17.6 Å². The summed E-state index contributed by atoms with van der Waals surface area (Å²) < 4.78 is 66.6. The second-order valence-electron chi connectivity index (χ2n) is 7.66. The number of amides is 2. The van der Waals surface area contributed by atoms with E-state index in [1.807, 2.05) is 0 Å². The first-order valence-corrected chi connectivity index (χ1v) is 10.2. The van der Waals surface area contributed by atoms with Crippen molar-refractivity contribution in [1.29, 1.82) is 0 Å². The highest BCUT2D eigenvalue weighted by atomic mass is 19.2. The second kappa shape index (κ2) is 10.1. The molecule has 10 nitrogen and oxygen atoms in total. The van der Waals surface area contributed by atoms with Crippen molar-refractivity contribution in [1.82, 2.24) is 9.80 Å². The molecule has 2 fully saturated rings. The smallest absolute Gasteiger partial charge is 0.326 e. The molecule has 1 aromatic carbocycles. The summed E-state index contributed by atoms with van der Waals surface area (Å²) >= 11 is 0. The lowest BCUT2D eigenvalue weighted by molar-refractivity contribution is -0.149. The fraction of sp³-hybridized carbons (Fsp3) is 0.500. The number of aliphatic carboxylic acids is 2. The predicted molar refractivity (Wildman–Crippen MR) is 102 cm³/mol. The van der Waals surface area contributed by atoms with E-state index in [0.717, 1.165) is 9.80 Å². The zero-order valence-corrected chi connectivity index (χ0v) is 17.6. The normalized spacial score (nSPS) is 19.9. The first-order chi connectivity index (χ1) is 16.0. The summed E-state index contributed by atoms with van der Waals surface area (Å²) in [5, 5.41) is 18.2. The Bertz CT molecular complexity index is 913. The van der Waals surface area contributed by atoms with Crippen LogP contribution in [0.3, 0.4) is 0 Å². The summed E-state index contributed by atoms with van der Waals surface area (Å²) in [6, 6.07) is -2.30. The highest BCUT2D eigenvalue weighted by molar-refractivity contribution is 5.85. The number of carbonyl (C=O) groups excluding carboxylic acids is 2. The number of ether oxygens (including phenoxy) is 2. The molecule has 0 aromatic heterocycles. The van der Waals surface area contributed by atoms with E-state index in [1.165, 1.54) is 0 Å². The van der Waals surface area contributed by atoms with Crippen LogP contribution in [0, 0.1) is 23.3 Å². The van der Waals surface area contributed by atoms with Crippen molar-refractivity contribution < 1.29 is 56.4 Å². The summed E-state index contributed by atoms with van der Waals surface area (Å²) in [6.07, 6.45) is 1.10. The minimum atomic E-state index is -2.03. The standard InChI is InChI=1S/C20H20F4N2O8/c21-13-15(23)18(34-8-12(28)26-6-2-4-10(26)20(31)32)16(24)14(22)17(13)33-7-11(27)25-5-1-3-9(25)19(29)30/h9-10H,1-8H2,(H,29,30)(H,31,32)/t9-,10-/m1/s1. The minimum absolute atomic E-state index is 0.0629. The summed E-state index contributed by atoms with van der Waals surface area (Å²) in [6.45, 7) is -2.04. The molecule has 2 aliphatic rings. The zero-order chi connectivity index (χ0) is 25.2. The van der Waals surface area contributed by atoms with Crippen LogP contribution in [0.4, 0.5) is 17.6 Å². The van der Waals surface area contributed by atoms with Crippen LogP contribution in [0.1, 0.15) is 25.7 Å². The number of carboxylic acids is 2. The van der Waals surface area contributed by atoms with Crippen LogP contribution in [0.15, 0.2) is 0 Å². The van der Waals surface area contributed by atoms with Gasteiger partial charge in [-0.1, -0.05) is 0 Å². The van der Waals surface area contributed by atoms with E-state index in [0.29, 0.717) is 12.8 Å². The van der Waals surface area contributed by atoms with Crippen molar-refractivity contribution >= 4 is 23.8 Å². The van der Waals surface area contributed by atoms with Gasteiger partial charge in [0.2, 0.25) is 23.3 Å². The van der Waals surface area contributed by atoms with Gasteiger partial charge in [-0.3, -0.25) is 9.59 Å². The SMILES string of the molecule is O=C(O)[C@H]1CCCN1C(=O)COc1c(F)c(F)c(OCC(=O)N2CCC[C@@H]2C(=O)O)c(F)c1F. The monoisotopic (exact) mass is 492 g/mol. The number of rotatable bonds is 8. The molecule has 0 radical (unpaired) electrons. The maximum absolute atomic E-state index is 14.4. The van der Waals surface area contributed by atoms with E-state index in [1.54, 1.807) is 0 Å². The molecular formula is C20H20F4N2O8. The molecule has 0 unspecified atom stereocenters.